The molecule has 9 heteroatoms. The van der Waals surface area contributed by atoms with Crippen molar-refractivity contribution in [2.45, 2.75) is 25.0 Å². The van der Waals surface area contributed by atoms with Gasteiger partial charge in [-0.15, -0.1) is 24.8 Å². The van der Waals surface area contributed by atoms with Gasteiger partial charge >= 0.3 is 0 Å². The molecule has 0 saturated carbocycles. The zero-order valence-electron chi connectivity index (χ0n) is 12.7. The van der Waals surface area contributed by atoms with Gasteiger partial charge in [0.1, 0.15) is 11.9 Å². The highest BCUT2D eigenvalue weighted by atomic mass is 35.5. The van der Waals surface area contributed by atoms with Gasteiger partial charge in [0.25, 0.3) is 5.91 Å². The molecule has 3 rings (SSSR count). The highest BCUT2D eigenvalue weighted by molar-refractivity contribution is 5.94. The van der Waals surface area contributed by atoms with Crippen LogP contribution in [-0.4, -0.2) is 34.2 Å². The number of carbonyl (C=O) groups is 1. The zero-order chi connectivity index (χ0) is 15.5. The SMILES string of the molecule is Cl.Cl.NC[C@H]1CC[C@@H](C(=O)Nc2ccc(-n3ccnc3)c(F)c2)O1. The molecule has 3 N–H and O–H groups in total. The molecular weight excluding hydrogens is 358 g/mol. The monoisotopic (exact) mass is 376 g/mol. The lowest BCUT2D eigenvalue weighted by Crippen LogP contribution is -2.29. The van der Waals surface area contributed by atoms with Gasteiger partial charge < -0.3 is 20.4 Å². The molecule has 2 aromatic rings. The first-order valence-electron chi connectivity index (χ1n) is 7.11. The lowest BCUT2D eigenvalue weighted by molar-refractivity contribution is -0.126. The van der Waals surface area contributed by atoms with E-state index in [-0.39, 0.29) is 36.8 Å². The van der Waals surface area contributed by atoms with E-state index in [1.54, 1.807) is 29.1 Å². The van der Waals surface area contributed by atoms with Crippen molar-refractivity contribution >= 4 is 36.4 Å². The largest absolute Gasteiger partial charge is 0.364 e. The van der Waals surface area contributed by atoms with Gasteiger partial charge in [-0.05, 0) is 31.0 Å². The van der Waals surface area contributed by atoms with E-state index in [2.05, 4.69) is 10.3 Å². The molecule has 0 spiro atoms. The zero-order valence-corrected chi connectivity index (χ0v) is 14.4. The third-order valence-electron chi connectivity index (χ3n) is 3.66. The second-order valence-electron chi connectivity index (χ2n) is 5.19. The van der Waals surface area contributed by atoms with Gasteiger partial charge in [-0.25, -0.2) is 9.37 Å². The Hall–Kier alpha value is -1.67. The molecule has 0 radical (unpaired) electrons. The molecule has 2 heterocycles. The summed E-state index contributed by atoms with van der Waals surface area (Å²) in [6.07, 6.45) is 5.53. The summed E-state index contributed by atoms with van der Waals surface area (Å²) in [6.45, 7) is 0.401. The van der Waals surface area contributed by atoms with E-state index in [0.29, 0.717) is 24.3 Å². The first-order chi connectivity index (χ1) is 10.7. The number of nitrogens with zero attached hydrogens (tertiary/aromatic N) is 2. The van der Waals surface area contributed by atoms with Crippen LogP contribution in [0.5, 0.6) is 0 Å². The van der Waals surface area contributed by atoms with E-state index >= 15 is 0 Å². The lowest BCUT2D eigenvalue weighted by Gasteiger charge is -2.13. The van der Waals surface area contributed by atoms with Crippen LogP contribution in [0, 0.1) is 5.82 Å². The van der Waals surface area contributed by atoms with Crippen molar-refractivity contribution in [1.82, 2.24) is 9.55 Å². The number of halogens is 3. The van der Waals surface area contributed by atoms with Crippen LogP contribution >= 0.6 is 24.8 Å². The summed E-state index contributed by atoms with van der Waals surface area (Å²) in [6, 6.07) is 4.51. The molecule has 1 aromatic carbocycles. The van der Waals surface area contributed by atoms with E-state index in [4.69, 9.17) is 10.5 Å². The van der Waals surface area contributed by atoms with Gasteiger partial charge in [0.05, 0.1) is 18.1 Å². The number of benzene rings is 1. The Morgan fingerprint density at radius 2 is 2.21 bits per heavy atom. The molecule has 132 valence electrons. The van der Waals surface area contributed by atoms with Crippen molar-refractivity contribution in [3.63, 3.8) is 0 Å². The molecule has 1 amide bonds. The molecule has 6 nitrogen and oxygen atoms in total. The Kier molecular flexibility index (Phi) is 7.62. The molecule has 0 unspecified atom stereocenters. The molecule has 1 aliphatic rings. The summed E-state index contributed by atoms with van der Waals surface area (Å²) in [5.41, 5.74) is 6.28. The summed E-state index contributed by atoms with van der Waals surface area (Å²) in [5.74, 6) is -0.714. The number of hydrogen-bond donors (Lipinski definition) is 2. The van der Waals surface area contributed by atoms with Crippen molar-refractivity contribution in [3.05, 3.63) is 42.7 Å². The first-order valence-corrected chi connectivity index (χ1v) is 7.11. The van der Waals surface area contributed by atoms with Gasteiger partial charge in [0, 0.05) is 24.6 Å². The number of imidazole rings is 1. The Morgan fingerprint density at radius 1 is 1.42 bits per heavy atom. The van der Waals surface area contributed by atoms with Crippen LogP contribution < -0.4 is 11.1 Å². The van der Waals surface area contributed by atoms with Crippen molar-refractivity contribution in [2.75, 3.05) is 11.9 Å². The van der Waals surface area contributed by atoms with Crippen molar-refractivity contribution in [2.24, 2.45) is 5.73 Å². The number of nitrogens with two attached hydrogens (primary N) is 1. The second kappa shape index (κ2) is 8.98. The molecule has 1 aliphatic heterocycles. The Balaban J connectivity index is 0.00000144. The average molecular weight is 377 g/mol. The number of carbonyl (C=O) groups excluding carboxylic acids is 1. The Morgan fingerprint density at radius 3 is 2.79 bits per heavy atom. The molecular formula is C15H19Cl2FN4O2. The Labute approximate surface area is 151 Å². The van der Waals surface area contributed by atoms with Gasteiger partial charge in [-0.1, -0.05) is 0 Å². The normalized spacial score (nSPS) is 19.2. The van der Waals surface area contributed by atoms with Gasteiger partial charge in [0.15, 0.2) is 0 Å². The summed E-state index contributed by atoms with van der Waals surface area (Å²) in [4.78, 5) is 16.0. The highest BCUT2D eigenvalue weighted by Gasteiger charge is 2.29. The fraction of sp³-hybridized carbons (Fsp3) is 0.333. The van der Waals surface area contributed by atoms with Crippen LogP contribution in [0.4, 0.5) is 10.1 Å². The summed E-state index contributed by atoms with van der Waals surface area (Å²) in [7, 11) is 0. The van der Waals surface area contributed by atoms with E-state index in [1.165, 1.54) is 12.4 Å². The number of hydrogen-bond acceptors (Lipinski definition) is 4. The third kappa shape index (κ3) is 4.45. The quantitative estimate of drug-likeness (QED) is 0.857. The van der Waals surface area contributed by atoms with E-state index < -0.39 is 11.9 Å². The van der Waals surface area contributed by atoms with Crippen LogP contribution in [0.15, 0.2) is 36.9 Å². The highest BCUT2D eigenvalue weighted by Crippen LogP contribution is 2.22. The maximum atomic E-state index is 14.1. The van der Waals surface area contributed by atoms with Crippen LogP contribution in [0.2, 0.25) is 0 Å². The molecule has 1 aromatic heterocycles. The number of ether oxygens (including phenoxy) is 1. The minimum absolute atomic E-state index is 0. The first kappa shape index (κ1) is 20.4. The van der Waals surface area contributed by atoms with Gasteiger partial charge in [0.2, 0.25) is 0 Å². The fourth-order valence-corrected chi connectivity index (χ4v) is 2.49. The minimum Gasteiger partial charge on any atom is -0.364 e. The Bertz CT molecular complexity index is 669. The van der Waals surface area contributed by atoms with E-state index in [9.17, 15) is 9.18 Å². The maximum Gasteiger partial charge on any atom is 0.253 e. The predicted molar refractivity (Wildman–Crippen MR) is 93.6 cm³/mol. The van der Waals surface area contributed by atoms with E-state index in [1.807, 2.05) is 0 Å². The number of rotatable bonds is 4. The van der Waals surface area contributed by atoms with Crippen LogP contribution in [0.25, 0.3) is 5.69 Å². The standard InChI is InChI=1S/C15H17FN4O2.2ClH/c16-12-7-10(1-3-13(12)20-6-5-18-9-20)19-15(21)14-4-2-11(8-17)22-14;;/h1,3,5-7,9,11,14H,2,4,8,17H2,(H,19,21);2*1H/t11-,14+;;/m1../s1. The van der Waals surface area contributed by atoms with Gasteiger partial charge in [-0.3, -0.25) is 4.79 Å². The van der Waals surface area contributed by atoms with Gasteiger partial charge in [-0.2, -0.15) is 0 Å². The third-order valence-corrected chi connectivity index (χ3v) is 3.66. The summed E-state index contributed by atoms with van der Waals surface area (Å²) < 4.78 is 21.2. The van der Waals surface area contributed by atoms with Crippen LogP contribution in [0.3, 0.4) is 0 Å². The van der Waals surface area contributed by atoms with Crippen LogP contribution in [0.1, 0.15) is 12.8 Å². The number of amides is 1. The van der Waals surface area contributed by atoms with E-state index in [0.717, 1.165) is 6.42 Å². The molecule has 0 aliphatic carbocycles. The molecule has 2 atom stereocenters. The minimum atomic E-state index is -0.523. The van der Waals surface area contributed by atoms with Crippen molar-refractivity contribution in [3.8, 4) is 5.69 Å². The predicted octanol–water partition coefficient (Wildman–Crippen LogP) is 2.30. The van der Waals surface area contributed by atoms with Crippen molar-refractivity contribution < 1.29 is 13.9 Å². The number of anilines is 1. The number of aromatic nitrogens is 2. The molecule has 1 fully saturated rings. The number of nitrogens with one attached hydrogen (secondary N) is 1. The summed E-state index contributed by atoms with van der Waals surface area (Å²) >= 11 is 0. The average Bonchev–Trinajstić information content (AvgIpc) is 3.19. The van der Waals surface area contributed by atoms with Crippen LogP contribution in [-0.2, 0) is 9.53 Å². The maximum absolute atomic E-state index is 14.1. The summed E-state index contributed by atoms with van der Waals surface area (Å²) in [5, 5.41) is 2.67. The topological polar surface area (TPSA) is 82.2 Å². The molecule has 24 heavy (non-hydrogen) atoms. The molecule has 1 saturated heterocycles. The van der Waals surface area contributed by atoms with Crippen molar-refractivity contribution in [1.29, 1.82) is 0 Å². The molecule has 0 bridgehead atoms. The lowest BCUT2D eigenvalue weighted by atomic mass is 10.2. The fourth-order valence-electron chi connectivity index (χ4n) is 2.49. The second-order valence-corrected chi connectivity index (χ2v) is 5.19. The smallest absolute Gasteiger partial charge is 0.253 e.